The number of pyridine rings is 1. The summed E-state index contributed by atoms with van der Waals surface area (Å²) in [6.07, 6.45) is 4.55. The number of hydrogen-bond donors (Lipinski definition) is 0. The molecule has 0 atom stereocenters. The van der Waals surface area contributed by atoms with Crippen molar-refractivity contribution in [1.29, 1.82) is 0 Å². The zero-order valence-electron chi connectivity index (χ0n) is 13.9. The predicted molar refractivity (Wildman–Crippen MR) is 97.4 cm³/mol. The number of aromatic nitrogens is 4. The van der Waals surface area contributed by atoms with Crippen LogP contribution in [0.1, 0.15) is 17.2 Å². The smallest absolute Gasteiger partial charge is 0.250 e. The highest BCUT2D eigenvalue weighted by atomic mass is 32.2. The summed E-state index contributed by atoms with van der Waals surface area (Å²) >= 11 is 1.74. The zero-order chi connectivity index (χ0) is 17.6. The fraction of sp³-hybridized carbons (Fsp3) is 0.278. The Morgan fingerprint density at radius 3 is 2.64 bits per heavy atom. The molecular formula is C18H19FN4OS. The third-order valence-electron chi connectivity index (χ3n) is 3.78. The maximum absolute atomic E-state index is 13.1. The van der Waals surface area contributed by atoms with E-state index in [9.17, 15) is 9.18 Å². The molecule has 2 heterocycles. The van der Waals surface area contributed by atoms with E-state index in [4.69, 9.17) is 0 Å². The van der Waals surface area contributed by atoms with Crippen LogP contribution in [0.25, 0.3) is 0 Å². The van der Waals surface area contributed by atoms with Crippen molar-refractivity contribution >= 4 is 11.8 Å². The second-order valence-electron chi connectivity index (χ2n) is 5.64. The summed E-state index contributed by atoms with van der Waals surface area (Å²) in [6, 6.07) is 11.4. The van der Waals surface area contributed by atoms with E-state index < -0.39 is 0 Å². The third-order valence-corrected chi connectivity index (χ3v) is 4.39. The van der Waals surface area contributed by atoms with Crippen LogP contribution in [0.3, 0.4) is 0 Å². The van der Waals surface area contributed by atoms with Crippen molar-refractivity contribution in [1.82, 2.24) is 19.3 Å². The van der Waals surface area contributed by atoms with Gasteiger partial charge in [-0.15, -0.1) is 0 Å². The van der Waals surface area contributed by atoms with Gasteiger partial charge in [-0.25, -0.2) is 14.1 Å². The Morgan fingerprint density at radius 2 is 1.92 bits per heavy atom. The predicted octanol–water partition coefficient (Wildman–Crippen LogP) is 2.58. The Morgan fingerprint density at radius 1 is 1.12 bits per heavy atom. The van der Waals surface area contributed by atoms with Crippen LogP contribution in [0.5, 0.6) is 0 Å². The number of nitrogens with zero attached hydrogens (tertiary/aromatic N) is 4. The second-order valence-corrected chi connectivity index (χ2v) is 6.62. The van der Waals surface area contributed by atoms with Crippen LogP contribution in [0.15, 0.2) is 53.5 Å². The molecule has 0 saturated heterocycles. The molecule has 0 aliphatic heterocycles. The molecule has 0 saturated carbocycles. The number of thioether (sulfide) groups is 1. The summed E-state index contributed by atoms with van der Waals surface area (Å²) in [6.45, 7) is 0.844. The summed E-state index contributed by atoms with van der Waals surface area (Å²) in [5.41, 5.74) is 0.855. The molecule has 5 nitrogen and oxygen atoms in total. The zero-order valence-corrected chi connectivity index (χ0v) is 14.7. The van der Waals surface area contributed by atoms with Crippen LogP contribution >= 0.6 is 11.8 Å². The molecule has 3 aromatic rings. The average molecular weight is 358 g/mol. The van der Waals surface area contributed by atoms with Crippen molar-refractivity contribution in [2.45, 2.75) is 19.5 Å². The van der Waals surface area contributed by atoms with Gasteiger partial charge in [0.15, 0.2) is 5.82 Å². The van der Waals surface area contributed by atoms with Gasteiger partial charge in [-0.1, -0.05) is 18.2 Å². The molecule has 0 radical (unpaired) electrons. The van der Waals surface area contributed by atoms with E-state index in [0.29, 0.717) is 18.9 Å². The van der Waals surface area contributed by atoms with Gasteiger partial charge in [-0.2, -0.15) is 16.9 Å². The Balaban J connectivity index is 1.88. The Labute approximate surface area is 149 Å². The minimum Gasteiger partial charge on any atom is -0.308 e. The monoisotopic (exact) mass is 358 g/mol. The first kappa shape index (κ1) is 17.4. The van der Waals surface area contributed by atoms with Gasteiger partial charge in [0, 0.05) is 24.4 Å². The average Bonchev–Trinajstić information content (AvgIpc) is 2.98. The molecule has 3 rings (SSSR count). The maximum atomic E-state index is 13.1. The third kappa shape index (κ3) is 4.57. The van der Waals surface area contributed by atoms with Crippen LogP contribution in [-0.4, -0.2) is 31.3 Å². The van der Waals surface area contributed by atoms with Crippen molar-refractivity contribution in [3.8, 4) is 0 Å². The quantitative estimate of drug-likeness (QED) is 0.651. The fourth-order valence-corrected chi connectivity index (χ4v) is 2.86. The van der Waals surface area contributed by atoms with Crippen molar-refractivity contribution in [3.63, 3.8) is 0 Å². The number of aryl methyl sites for hydroxylation is 1. The highest BCUT2D eigenvalue weighted by Crippen LogP contribution is 2.09. The minimum atomic E-state index is -0.265. The summed E-state index contributed by atoms with van der Waals surface area (Å²) in [7, 11) is 0. The normalized spacial score (nSPS) is 11.0. The molecule has 0 fully saturated rings. The summed E-state index contributed by atoms with van der Waals surface area (Å²) in [5.74, 6) is 2.15. The largest absolute Gasteiger partial charge is 0.308 e. The van der Waals surface area contributed by atoms with Gasteiger partial charge in [0.05, 0.1) is 13.1 Å². The molecule has 7 heteroatoms. The number of benzene rings is 1. The Hall–Kier alpha value is -2.41. The van der Waals surface area contributed by atoms with Crippen LogP contribution < -0.4 is 5.56 Å². The lowest BCUT2D eigenvalue weighted by atomic mass is 10.2. The maximum Gasteiger partial charge on any atom is 0.250 e. The van der Waals surface area contributed by atoms with Gasteiger partial charge in [-0.3, -0.25) is 4.79 Å². The molecule has 0 amide bonds. The Bertz CT molecular complexity index is 889. The van der Waals surface area contributed by atoms with Crippen LogP contribution in [0.2, 0.25) is 0 Å². The molecule has 130 valence electrons. The van der Waals surface area contributed by atoms with Crippen LogP contribution in [0.4, 0.5) is 4.39 Å². The van der Waals surface area contributed by atoms with E-state index in [-0.39, 0.29) is 11.4 Å². The number of rotatable bonds is 7. The second kappa shape index (κ2) is 8.11. The number of halogens is 1. The highest BCUT2D eigenvalue weighted by molar-refractivity contribution is 7.98. The van der Waals surface area contributed by atoms with Gasteiger partial charge >= 0.3 is 0 Å². The Kier molecular flexibility index (Phi) is 5.65. The first-order valence-electron chi connectivity index (χ1n) is 7.97. The van der Waals surface area contributed by atoms with Gasteiger partial charge in [0.25, 0.3) is 5.56 Å². The molecule has 1 aromatic carbocycles. The molecular weight excluding hydrogens is 339 g/mol. The van der Waals surface area contributed by atoms with E-state index in [1.54, 1.807) is 45.4 Å². The van der Waals surface area contributed by atoms with Crippen molar-refractivity contribution < 1.29 is 4.39 Å². The summed E-state index contributed by atoms with van der Waals surface area (Å²) < 4.78 is 16.5. The van der Waals surface area contributed by atoms with Gasteiger partial charge in [0.2, 0.25) is 0 Å². The number of hydrogen-bond acceptors (Lipinski definition) is 4. The van der Waals surface area contributed by atoms with Crippen molar-refractivity contribution in [3.05, 3.63) is 82.0 Å². The molecule has 0 spiro atoms. The highest BCUT2D eigenvalue weighted by Gasteiger charge is 2.11. The lowest BCUT2D eigenvalue weighted by molar-refractivity contribution is 0.596. The summed E-state index contributed by atoms with van der Waals surface area (Å²) in [4.78, 5) is 16.6. The van der Waals surface area contributed by atoms with Crippen molar-refractivity contribution in [2.75, 3.05) is 12.0 Å². The lowest BCUT2D eigenvalue weighted by Gasteiger charge is -2.08. The molecule has 25 heavy (non-hydrogen) atoms. The SMILES string of the molecule is CSCCc1nc(Cn2ccccc2=O)n(Cc2ccc(F)cc2)n1. The van der Waals surface area contributed by atoms with Gasteiger partial charge in [-0.05, 0) is 30.0 Å². The molecule has 0 aliphatic carbocycles. The molecule has 0 bridgehead atoms. The molecule has 0 unspecified atom stereocenters. The molecule has 2 aromatic heterocycles. The van der Waals surface area contributed by atoms with E-state index in [1.165, 1.54) is 18.2 Å². The molecule has 0 aliphatic rings. The molecule has 0 N–H and O–H groups in total. The topological polar surface area (TPSA) is 52.7 Å². The van der Waals surface area contributed by atoms with Crippen LogP contribution in [-0.2, 0) is 19.5 Å². The van der Waals surface area contributed by atoms with E-state index in [2.05, 4.69) is 10.1 Å². The minimum absolute atomic E-state index is 0.0792. The van der Waals surface area contributed by atoms with E-state index >= 15 is 0 Å². The summed E-state index contributed by atoms with van der Waals surface area (Å²) in [5, 5.41) is 4.57. The first-order chi connectivity index (χ1) is 12.2. The first-order valence-corrected chi connectivity index (χ1v) is 9.36. The van der Waals surface area contributed by atoms with E-state index in [1.807, 2.05) is 12.3 Å². The van der Waals surface area contributed by atoms with E-state index in [0.717, 1.165) is 23.6 Å². The standard InChI is InChI=1S/C18H19FN4OS/c1-25-11-9-16-20-17(13-22-10-3-2-4-18(22)24)23(21-16)12-14-5-7-15(19)8-6-14/h2-8,10H,9,11-13H2,1H3. The lowest BCUT2D eigenvalue weighted by Crippen LogP contribution is -2.21. The van der Waals surface area contributed by atoms with Crippen molar-refractivity contribution in [2.24, 2.45) is 0 Å². The van der Waals surface area contributed by atoms with Crippen LogP contribution in [0, 0.1) is 5.82 Å². The van der Waals surface area contributed by atoms with Gasteiger partial charge in [0.1, 0.15) is 11.6 Å². The van der Waals surface area contributed by atoms with Gasteiger partial charge < -0.3 is 4.57 Å². The fourth-order valence-electron chi connectivity index (χ4n) is 2.48.